The summed E-state index contributed by atoms with van der Waals surface area (Å²) in [6.45, 7) is 0. The van der Waals surface area contributed by atoms with E-state index in [0.717, 1.165) is 15.6 Å². The molecule has 1 amide bonds. The average Bonchev–Trinajstić information content (AvgIpc) is 3.25. The molecule has 1 saturated carbocycles. The van der Waals surface area contributed by atoms with E-state index in [4.69, 9.17) is 9.47 Å². The Hall–Kier alpha value is -2.52. The number of rotatable bonds is 7. The second-order valence-electron chi connectivity index (χ2n) is 6.16. The van der Waals surface area contributed by atoms with E-state index in [1.807, 2.05) is 23.6 Å². The van der Waals surface area contributed by atoms with Crippen LogP contribution >= 0.6 is 22.7 Å². The summed E-state index contributed by atoms with van der Waals surface area (Å²) < 4.78 is 10.6. The lowest BCUT2D eigenvalue weighted by Crippen LogP contribution is -2.14. The number of methoxy groups -OCH3 is 2. The zero-order valence-electron chi connectivity index (χ0n) is 14.9. The summed E-state index contributed by atoms with van der Waals surface area (Å²) >= 11 is 2.94. The van der Waals surface area contributed by atoms with Crippen molar-refractivity contribution in [3.05, 3.63) is 34.3 Å². The van der Waals surface area contributed by atoms with Crippen molar-refractivity contribution in [1.82, 2.24) is 15.2 Å². The number of carbonyl (C=O) groups excluding carboxylic acids is 1. The van der Waals surface area contributed by atoms with Crippen molar-refractivity contribution < 1.29 is 14.3 Å². The van der Waals surface area contributed by atoms with Crippen molar-refractivity contribution in [2.75, 3.05) is 19.5 Å². The van der Waals surface area contributed by atoms with Crippen LogP contribution in [0.5, 0.6) is 11.5 Å². The predicted molar refractivity (Wildman–Crippen MR) is 105 cm³/mol. The Kier molecular flexibility index (Phi) is 5.04. The van der Waals surface area contributed by atoms with E-state index < -0.39 is 0 Å². The van der Waals surface area contributed by atoms with Crippen molar-refractivity contribution in [3.63, 3.8) is 0 Å². The van der Waals surface area contributed by atoms with Gasteiger partial charge in [-0.15, -0.1) is 21.5 Å². The number of anilines is 1. The molecule has 4 rings (SSSR count). The second-order valence-corrected chi connectivity index (χ2v) is 8.03. The van der Waals surface area contributed by atoms with E-state index >= 15 is 0 Å². The summed E-state index contributed by atoms with van der Waals surface area (Å²) in [6, 6.07) is 5.64. The molecule has 1 aliphatic rings. The smallest absolute Gasteiger partial charge is 0.232 e. The lowest BCUT2D eigenvalue weighted by Gasteiger charge is -2.08. The highest BCUT2D eigenvalue weighted by atomic mass is 32.1. The van der Waals surface area contributed by atoms with Gasteiger partial charge in [-0.3, -0.25) is 4.79 Å². The van der Waals surface area contributed by atoms with E-state index in [0.29, 0.717) is 28.2 Å². The second kappa shape index (κ2) is 7.61. The number of carbonyl (C=O) groups is 1. The van der Waals surface area contributed by atoms with E-state index in [2.05, 4.69) is 20.5 Å². The van der Waals surface area contributed by atoms with Crippen LogP contribution in [0, 0.1) is 0 Å². The van der Waals surface area contributed by atoms with Gasteiger partial charge in [0, 0.05) is 16.9 Å². The van der Waals surface area contributed by atoms with Gasteiger partial charge in [0.1, 0.15) is 10.0 Å². The third-order valence-corrected chi connectivity index (χ3v) is 6.08. The van der Waals surface area contributed by atoms with Gasteiger partial charge in [0.2, 0.25) is 11.0 Å². The van der Waals surface area contributed by atoms with Gasteiger partial charge in [0.25, 0.3) is 0 Å². The summed E-state index contributed by atoms with van der Waals surface area (Å²) in [4.78, 5) is 16.8. The lowest BCUT2D eigenvalue weighted by atomic mass is 10.2. The summed E-state index contributed by atoms with van der Waals surface area (Å²) in [5.41, 5.74) is 1.64. The van der Waals surface area contributed by atoms with Crippen molar-refractivity contribution in [1.29, 1.82) is 0 Å². The Morgan fingerprint density at radius 2 is 2.04 bits per heavy atom. The maximum atomic E-state index is 12.3. The molecule has 7 nitrogen and oxygen atoms in total. The van der Waals surface area contributed by atoms with Crippen LogP contribution in [0.1, 0.15) is 29.5 Å². The first-order chi connectivity index (χ1) is 13.2. The van der Waals surface area contributed by atoms with E-state index in [9.17, 15) is 4.79 Å². The summed E-state index contributed by atoms with van der Waals surface area (Å²) in [5, 5.41) is 15.3. The van der Waals surface area contributed by atoms with E-state index in [1.165, 1.54) is 35.5 Å². The van der Waals surface area contributed by atoms with Crippen LogP contribution in [0.4, 0.5) is 5.13 Å². The number of hydrogen-bond acceptors (Lipinski definition) is 8. The van der Waals surface area contributed by atoms with Gasteiger partial charge in [0.15, 0.2) is 11.5 Å². The first-order valence-electron chi connectivity index (χ1n) is 8.46. The van der Waals surface area contributed by atoms with Crippen LogP contribution in [-0.2, 0) is 11.2 Å². The fraction of sp³-hybridized carbons (Fsp3) is 0.333. The Labute approximate surface area is 164 Å². The van der Waals surface area contributed by atoms with Crippen LogP contribution in [0.25, 0.3) is 10.6 Å². The fourth-order valence-electron chi connectivity index (χ4n) is 2.60. The van der Waals surface area contributed by atoms with E-state index in [-0.39, 0.29) is 12.3 Å². The third-order valence-electron chi connectivity index (χ3n) is 4.14. The molecule has 2 aromatic heterocycles. The number of ether oxygens (including phenoxy) is 2. The van der Waals surface area contributed by atoms with Crippen LogP contribution in [0.3, 0.4) is 0 Å². The molecule has 140 valence electrons. The van der Waals surface area contributed by atoms with Crippen molar-refractivity contribution in [2.45, 2.75) is 25.2 Å². The Balaban J connectivity index is 1.42. The Bertz CT molecular complexity index is 965. The average molecular weight is 403 g/mol. The number of nitrogens with one attached hydrogen (secondary N) is 1. The van der Waals surface area contributed by atoms with Gasteiger partial charge in [0.05, 0.1) is 26.3 Å². The Morgan fingerprint density at radius 3 is 2.78 bits per heavy atom. The number of benzene rings is 1. The quantitative estimate of drug-likeness (QED) is 0.648. The molecule has 0 bridgehead atoms. The molecule has 0 aliphatic heterocycles. The van der Waals surface area contributed by atoms with Crippen LogP contribution in [-0.4, -0.2) is 35.3 Å². The van der Waals surface area contributed by atoms with Gasteiger partial charge in [-0.2, -0.15) is 0 Å². The molecule has 2 heterocycles. The normalized spacial score (nSPS) is 13.4. The molecule has 1 N–H and O–H groups in total. The fourth-order valence-corrected chi connectivity index (χ4v) is 4.34. The van der Waals surface area contributed by atoms with Gasteiger partial charge >= 0.3 is 0 Å². The molecule has 0 spiro atoms. The summed E-state index contributed by atoms with van der Waals surface area (Å²) in [5.74, 6) is 1.71. The maximum absolute atomic E-state index is 12.3. The van der Waals surface area contributed by atoms with Crippen LogP contribution in [0.2, 0.25) is 0 Å². The van der Waals surface area contributed by atoms with Gasteiger partial charge in [-0.05, 0) is 31.0 Å². The molecule has 1 aromatic carbocycles. The molecule has 1 fully saturated rings. The molecule has 0 atom stereocenters. The molecular formula is C18H18N4O3S2. The first-order valence-corrected chi connectivity index (χ1v) is 10.2. The highest BCUT2D eigenvalue weighted by Crippen LogP contribution is 2.42. The molecule has 0 unspecified atom stereocenters. The molecule has 27 heavy (non-hydrogen) atoms. The zero-order valence-corrected chi connectivity index (χ0v) is 16.5. The molecule has 1 aliphatic carbocycles. The standard InChI is InChI=1S/C18H18N4O3S2/c1-24-13-6-5-11(7-14(13)25-2)16-19-12(9-26-16)8-15(23)20-18-22-21-17(27-18)10-3-4-10/h5-7,9-10H,3-4,8H2,1-2H3,(H,20,22,23). The minimum atomic E-state index is -0.141. The van der Waals surface area contributed by atoms with Gasteiger partial charge in [-0.1, -0.05) is 11.3 Å². The van der Waals surface area contributed by atoms with Gasteiger partial charge < -0.3 is 14.8 Å². The van der Waals surface area contributed by atoms with Gasteiger partial charge in [-0.25, -0.2) is 4.98 Å². The highest BCUT2D eigenvalue weighted by molar-refractivity contribution is 7.15. The minimum absolute atomic E-state index is 0.141. The highest BCUT2D eigenvalue weighted by Gasteiger charge is 2.27. The third kappa shape index (κ3) is 4.09. The predicted octanol–water partition coefficient (Wildman–Crippen LogP) is 3.74. The van der Waals surface area contributed by atoms with Crippen molar-refractivity contribution in [2.24, 2.45) is 0 Å². The summed E-state index contributed by atoms with van der Waals surface area (Å²) in [6.07, 6.45) is 2.53. The largest absolute Gasteiger partial charge is 0.493 e. The van der Waals surface area contributed by atoms with Crippen LogP contribution < -0.4 is 14.8 Å². The topological polar surface area (TPSA) is 86.2 Å². The maximum Gasteiger partial charge on any atom is 0.232 e. The molecule has 9 heteroatoms. The molecular weight excluding hydrogens is 384 g/mol. The SMILES string of the molecule is COc1ccc(-c2nc(CC(=O)Nc3nnc(C4CC4)s3)cs2)cc1OC. The van der Waals surface area contributed by atoms with Crippen LogP contribution in [0.15, 0.2) is 23.6 Å². The number of hydrogen-bond donors (Lipinski definition) is 1. The summed E-state index contributed by atoms with van der Waals surface area (Å²) in [7, 11) is 3.20. The molecule has 0 radical (unpaired) electrons. The van der Waals surface area contributed by atoms with Crippen molar-refractivity contribution in [3.8, 4) is 22.1 Å². The van der Waals surface area contributed by atoms with Crippen molar-refractivity contribution >= 4 is 33.7 Å². The number of thiazole rings is 1. The molecule has 3 aromatic rings. The number of amides is 1. The monoisotopic (exact) mass is 402 g/mol. The number of aromatic nitrogens is 3. The number of nitrogens with zero attached hydrogens (tertiary/aromatic N) is 3. The molecule has 0 saturated heterocycles. The lowest BCUT2D eigenvalue weighted by molar-refractivity contribution is -0.115. The Morgan fingerprint density at radius 1 is 1.22 bits per heavy atom. The first kappa shape index (κ1) is 17.9. The van der Waals surface area contributed by atoms with E-state index in [1.54, 1.807) is 14.2 Å². The zero-order chi connectivity index (χ0) is 18.8. The minimum Gasteiger partial charge on any atom is -0.493 e.